The SMILES string of the molecule is Cc1ccc(C(NC(=O)Cc2ccc3[nH]c(Cc4c(C)noc4C)nc3c2)c2ccccc2)c(C)c1. The molecule has 0 saturated heterocycles. The Morgan fingerprint density at radius 3 is 2.53 bits per heavy atom. The van der Waals surface area contributed by atoms with Gasteiger partial charge < -0.3 is 14.8 Å². The van der Waals surface area contributed by atoms with E-state index in [9.17, 15) is 4.79 Å². The van der Waals surface area contributed by atoms with Crippen LogP contribution in [0.5, 0.6) is 0 Å². The van der Waals surface area contributed by atoms with Crippen LogP contribution in [-0.2, 0) is 17.6 Å². The third kappa shape index (κ3) is 4.93. The fourth-order valence-corrected chi connectivity index (χ4v) is 4.75. The van der Waals surface area contributed by atoms with Crippen LogP contribution >= 0.6 is 0 Å². The van der Waals surface area contributed by atoms with Crippen molar-refractivity contribution < 1.29 is 9.32 Å². The maximum absolute atomic E-state index is 13.2. The van der Waals surface area contributed by atoms with Crippen LogP contribution in [0.15, 0.2) is 71.3 Å². The monoisotopic (exact) mass is 478 g/mol. The zero-order valence-corrected chi connectivity index (χ0v) is 21.1. The van der Waals surface area contributed by atoms with E-state index < -0.39 is 0 Å². The first-order chi connectivity index (χ1) is 17.4. The lowest BCUT2D eigenvalue weighted by molar-refractivity contribution is -0.120. The highest BCUT2D eigenvalue weighted by atomic mass is 16.5. The molecule has 0 saturated carbocycles. The van der Waals surface area contributed by atoms with Gasteiger partial charge >= 0.3 is 0 Å². The van der Waals surface area contributed by atoms with Crippen molar-refractivity contribution in [3.63, 3.8) is 0 Å². The fourth-order valence-electron chi connectivity index (χ4n) is 4.75. The lowest BCUT2D eigenvalue weighted by atomic mass is 9.93. The Morgan fingerprint density at radius 2 is 1.81 bits per heavy atom. The third-order valence-electron chi connectivity index (χ3n) is 6.66. The standard InChI is InChI=1S/C30H30N4O2/c1-18-10-12-24(19(2)14-18)30(23-8-6-5-7-9-23)33-29(35)16-22-11-13-26-27(15-22)32-28(31-26)17-25-20(3)34-36-21(25)4/h5-15,30H,16-17H2,1-4H3,(H,31,32)(H,33,35). The minimum Gasteiger partial charge on any atom is -0.361 e. The predicted molar refractivity (Wildman–Crippen MR) is 141 cm³/mol. The van der Waals surface area contributed by atoms with Crippen LogP contribution in [0.25, 0.3) is 11.0 Å². The summed E-state index contributed by atoms with van der Waals surface area (Å²) in [5.41, 5.74) is 9.16. The van der Waals surface area contributed by atoms with E-state index in [-0.39, 0.29) is 18.4 Å². The summed E-state index contributed by atoms with van der Waals surface area (Å²) in [6, 6.07) is 22.2. The quantitative estimate of drug-likeness (QED) is 0.309. The molecule has 2 aromatic heterocycles. The smallest absolute Gasteiger partial charge is 0.225 e. The molecule has 2 N–H and O–H groups in total. The molecule has 6 nitrogen and oxygen atoms in total. The summed E-state index contributed by atoms with van der Waals surface area (Å²) in [4.78, 5) is 21.3. The van der Waals surface area contributed by atoms with E-state index in [2.05, 4.69) is 59.6 Å². The van der Waals surface area contributed by atoms with Crippen molar-refractivity contribution in [3.05, 3.63) is 117 Å². The number of rotatable bonds is 7. The summed E-state index contributed by atoms with van der Waals surface area (Å²) < 4.78 is 5.28. The van der Waals surface area contributed by atoms with E-state index in [0.717, 1.165) is 56.1 Å². The molecule has 0 aliphatic rings. The number of H-pyrrole nitrogens is 1. The van der Waals surface area contributed by atoms with Crippen LogP contribution in [-0.4, -0.2) is 21.0 Å². The fraction of sp³-hybridized carbons (Fsp3) is 0.233. The Morgan fingerprint density at radius 1 is 1.00 bits per heavy atom. The van der Waals surface area contributed by atoms with E-state index in [1.807, 2.05) is 50.2 Å². The van der Waals surface area contributed by atoms with Crippen LogP contribution in [0.3, 0.4) is 0 Å². The topological polar surface area (TPSA) is 83.8 Å². The normalized spacial score (nSPS) is 12.1. The summed E-state index contributed by atoms with van der Waals surface area (Å²) in [5.74, 6) is 1.62. The van der Waals surface area contributed by atoms with Gasteiger partial charge in [0.1, 0.15) is 11.6 Å². The molecule has 6 heteroatoms. The Hall–Kier alpha value is -4.19. The Balaban J connectivity index is 1.35. The highest BCUT2D eigenvalue weighted by Crippen LogP contribution is 2.26. The number of imidazole rings is 1. The van der Waals surface area contributed by atoms with Gasteiger partial charge in [-0.25, -0.2) is 4.98 Å². The maximum Gasteiger partial charge on any atom is 0.225 e. The van der Waals surface area contributed by atoms with Gasteiger partial charge in [-0.05, 0) is 62.1 Å². The number of hydrogen-bond acceptors (Lipinski definition) is 4. The summed E-state index contributed by atoms with van der Waals surface area (Å²) in [5, 5.41) is 7.30. The lowest BCUT2D eigenvalue weighted by Gasteiger charge is -2.22. The number of nitrogens with zero attached hydrogens (tertiary/aromatic N) is 2. The third-order valence-corrected chi connectivity index (χ3v) is 6.66. The van der Waals surface area contributed by atoms with Crippen molar-refractivity contribution in [2.24, 2.45) is 0 Å². The molecule has 0 radical (unpaired) electrons. The highest BCUT2D eigenvalue weighted by Gasteiger charge is 2.19. The zero-order valence-electron chi connectivity index (χ0n) is 21.1. The van der Waals surface area contributed by atoms with Gasteiger partial charge in [-0.1, -0.05) is 65.3 Å². The lowest BCUT2D eigenvalue weighted by Crippen LogP contribution is -2.31. The number of nitrogens with one attached hydrogen (secondary N) is 2. The number of benzene rings is 3. The van der Waals surface area contributed by atoms with Crippen LogP contribution in [0.4, 0.5) is 0 Å². The molecule has 2 heterocycles. The van der Waals surface area contributed by atoms with Crippen LogP contribution in [0.2, 0.25) is 0 Å². The number of carbonyl (C=O) groups is 1. The van der Waals surface area contributed by atoms with Crippen LogP contribution in [0, 0.1) is 27.7 Å². The van der Waals surface area contributed by atoms with Crippen molar-refractivity contribution in [1.29, 1.82) is 0 Å². The van der Waals surface area contributed by atoms with Crippen molar-refractivity contribution in [2.45, 2.75) is 46.6 Å². The molecule has 36 heavy (non-hydrogen) atoms. The number of aromatic amines is 1. The van der Waals surface area contributed by atoms with Gasteiger partial charge in [-0.2, -0.15) is 0 Å². The van der Waals surface area contributed by atoms with Gasteiger partial charge in [0.2, 0.25) is 5.91 Å². The number of amides is 1. The van der Waals surface area contributed by atoms with Crippen molar-refractivity contribution in [3.8, 4) is 0 Å². The second-order valence-electron chi connectivity index (χ2n) is 9.46. The molecule has 0 aliphatic heterocycles. The van der Waals surface area contributed by atoms with Gasteiger partial charge in [0, 0.05) is 12.0 Å². The van der Waals surface area contributed by atoms with E-state index >= 15 is 0 Å². The molecule has 0 aliphatic carbocycles. The molecule has 1 unspecified atom stereocenters. The van der Waals surface area contributed by atoms with E-state index in [4.69, 9.17) is 9.51 Å². The molecule has 5 aromatic rings. The first kappa shape index (κ1) is 23.5. The predicted octanol–water partition coefficient (Wildman–Crippen LogP) is 5.82. The molecule has 0 spiro atoms. The maximum atomic E-state index is 13.2. The minimum absolute atomic E-state index is 0.0327. The van der Waals surface area contributed by atoms with Gasteiger partial charge in [0.25, 0.3) is 0 Å². The molecule has 0 fully saturated rings. The molecule has 3 aromatic carbocycles. The molecule has 182 valence electrons. The number of aryl methyl sites for hydroxylation is 4. The van der Waals surface area contributed by atoms with Gasteiger partial charge in [-0.3, -0.25) is 4.79 Å². The second-order valence-corrected chi connectivity index (χ2v) is 9.46. The summed E-state index contributed by atoms with van der Waals surface area (Å²) in [7, 11) is 0. The molecule has 1 amide bonds. The second kappa shape index (κ2) is 9.82. The number of aromatic nitrogens is 3. The summed E-state index contributed by atoms with van der Waals surface area (Å²) >= 11 is 0. The Bertz CT molecular complexity index is 1510. The molecular formula is C30H30N4O2. The van der Waals surface area contributed by atoms with Crippen LogP contribution < -0.4 is 5.32 Å². The van der Waals surface area contributed by atoms with Crippen LogP contribution in [0.1, 0.15) is 56.7 Å². The molecule has 5 rings (SSSR count). The average Bonchev–Trinajstić information content (AvgIpc) is 3.41. The van der Waals surface area contributed by atoms with E-state index in [0.29, 0.717) is 6.42 Å². The number of fused-ring (bicyclic) bond motifs is 1. The van der Waals surface area contributed by atoms with Crippen molar-refractivity contribution in [1.82, 2.24) is 20.4 Å². The Kier molecular flexibility index (Phi) is 6.42. The number of hydrogen-bond donors (Lipinski definition) is 2. The zero-order chi connectivity index (χ0) is 25.2. The minimum atomic E-state index is -0.213. The molecular weight excluding hydrogens is 448 g/mol. The summed E-state index contributed by atoms with van der Waals surface area (Å²) in [6.45, 7) is 8.02. The highest BCUT2D eigenvalue weighted by molar-refractivity contribution is 5.82. The first-order valence-electron chi connectivity index (χ1n) is 12.2. The Labute approximate surface area is 210 Å². The van der Waals surface area contributed by atoms with Gasteiger partial charge in [0.15, 0.2) is 0 Å². The molecule has 0 bridgehead atoms. The van der Waals surface area contributed by atoms with Crippen molar-refractivity contribution >= 4 is 16.9 Å². The summed E-state index contributed by atoms with van der Waals surface area (Å²) in [6.07, 6.45) is 0.899. The van der Waals surface area contributed by atoms with Gasteiger partial charge in [0.05, 0.1) is 29.2 Å². The largest absolute Gasteiger partial charge is 0.361 e. The van der Waals surface area contributed by atoms with Gasteiger partial charge in [-0.15, -0.1) is 0 Å². The number of carbonyl (C=O) groups excluding carboxylic acids is 1. The molecule has 1 atom stereocenters. The van der Waals surface area contributed by atoms with Crippen molar-refractivity contribution in [2.75, 3.05) is 0 Å². The average molecular weight is 479 g/mol. The first-order valence-corrected chi connectivity index (χ1v) is 12.2. The van der Waals surface area contributed by atoms with E-state index in [1.54, 1.807) is 0 Å². The van der Waals surface area contributed by atoms with E-state index in [1.165, 1.54) is 5.56 Å².